The van der Waals surface area contributed by atoms with Gasteiger partial charge in [-0.3, -0.25) is 4.79 Å². The summed E-state index contributed by atoms with van der Waals surface area (Å²) in [6.45, 7) is 1.79. The number of nitrogens with one attached hydrogen (secondary N) is 2. The summed E-state index contributed by atoms with van der Waals surface area (Å²) in [6.07, 6.45) is 2.84. The van der Waals surface area contributed by atoms with E-state index in [9.17, 15) is 13.2 Å². The summed E-state index contributed by atoms with van der Waals surface area (Å²) < 4.78 is 23.2. The molecule has 1 aromatic carbocycles. The third kappa shape index (κ3) is 4.19. The Kier molecular flexibility index (Phi) is 4.47. The zero-order chi connectivity index (χ0) is 15.5. The molecule has 5 nitrogen and oxygen atoms in total. The molecule has 0 bridgehead atoms. The fraction of sp³-hybridized carbons (Fsp3) is 0.267. The van der Waals surface area contributed by atoms with Crippen LogP contribution in [0.25, 0.3) is 0 Å². The molecule has 1 aromatic heterocycles. The minimum atomic E-state index is -3.22. The Labute approximate surface area is 124 Å². The van der Waals surface area contributed by atoms with E-state index in [1.807, 2.05) is 18.2 Å². The Hall–Kier alpha value is -2.08. The molecule has 0 spiro atoms. The second kappa shape index (κ2) is 6.13. The molecule has 0 saturated carbocycles. The predicted octanol–water partition coefficient (Wildman–Crippen LogP) is 1.84. The first-order chi connectivity index (χ1) is 9.87. The van der Waals surface area contributed by atoms with E-state index in [4.69, 9.17) is 0 Å². The van der Waals surface area contributed by atoms with Crippen molar-refractivity contribution in [1.82, 2.24) is 10.3 Å². The number of hydrogen-bond donors (Lipinski definition) is 2. The molecule has 0 aliphatic heterocycles. The SMILES string of the molecule is Cc1[nH]ccc1C(=O)N[C@@H](CS(C)(=O)=O)c1ccccc1. The molecule has 21 heavy (non-hydrogen) atoms. The lowest BCUT2D eigenvalue weighted by molar-refractivity contribution is 0.0940. The molecule has 1 heterocycles. The van der Waals surface area contributed by atoms with Crippen molar-refractivity contribution in [3.8, 4) is 0 Å². The van der Waals surface area contributed by atoms with E-state index in [-0.39, 0.29) is 11.7 Å². The third-order valence-electron chi connectivity index (χ3n) is 3.18. The number of carbonyl (C=O) groups is 1. The van der Waals surface area contributed by atoms with Crippen molar-refractivity contribution in [2.75, 3.05) is 12.0 Å². The van der Waals surface area contributed by atoms with E-state index < -0.39 is 15.9 Å². The molecule has 0 fully saturated rings. The Bertz CT molecular complexity index is 720. The van der Waals surface area contributed by atoms with Gasteiger partial charge in [0.2, 0.25) is 0 Å². The standard InChI is InChI=1S/C15H18N2O3S/c1-11-13(8-9-16-11)15(18)17-14(10-21(2,19)20)12-6-4-3-5-7-12/h3-9,14,16H,10H2,1-2H3,(H,17,18)/t14-/m0/s1. The van der Waals surface area contributed by atoms with E-state index in [0.29, 0.717) is 5.56 Å². The summed E-state index contributed by atoms with van der Waals surface area (Å²) in [4.78, 5) is 15.2. The van der Waals surface area contributed by atoms with Gasteiger partial charge in [0.15, 0.2) is 0 Å². The van der Waals surface area contributed by atoms with Crippen molar-refractivity contribution in [3.63, 3.8) is 0 Å². The first-order valence-electron chi connectivity index (χ1n) is 6.54. The molecule has 0 unspecified atom stereocenters. The molecule has 2 rings (SSSR count). The van der Waals surface area contributed by atoms with Gasteiger partial charge in [-0.25, -0.2) is 8.42 Å². The first-order valence-corrected chi connectivity index (χ1v) is 8.60. The van der Waals surface area contributed by atoms with E-state index in [1.165, 1.54) is 0 Å². The average Bonchev–Trinajstić information content (AvgIpc) is 2.84. The third-order valence-corrected chi connectivity index (χ3v) is 4.11. The Balaban J connectivity index is 2.25. The van der Waals surface area contributed by atoms with Crippen LogP contribution in [0, 0.1) is 6.92 Å². The molecule has 1 atom stereocenters. The maximum absolute atomic E-state index is 12.3. The summed E-state index contributed by atoms with van der Waals surface area (Å²) in [5.41, 5.74) is 2.03. The number of hydrogen-bond acceptors (Lipinski definition) is 3. The Morgan fingerprint density at radius 1 is 1.24 bits per heavy atom. The van der Waals surface area contributed by atoms with Crippen LogP contribution >= 0.6 is 0 Å². The van der Waals surface area contributed by atoms with Gasteiger partial charge < -0.3 is 10.3 Å². The molecule has 0 saturated heterocycles. The zero-order valence-corrected chi connectivity index (χ0v) is 12.8. The van der Waals surface area contributed by atoms with Crippen molar-refractivity contribution >= 4 is 15.7 Å². The number of aromatic amines is 1. The highest BCUT2D eigenvalue weighted by Gasteiger charge is 2.21. The van der Waals surface area contributed by atoms with Crippen molar-refractivity contribution in [3.05, 3.63) is 59.4 Å². The minimum Gasteiger partial charge on any atom is -0.365 e. The molecule has 0 radical (unpaired) electrons. The highest BCUT2D eigenvalue weighted by molar-refractivity contribution is 7.90. The van der Waals surface area contributed by atoms with Gasteiger partial charge in [0, 0.05) is 18.1 Å². The Morgan fingerprint density at radius 2 is 1.90 bits per heavy atom. The van der Waals surface area contributed by atoms with Gasteiger partial charge in [-0.05, 0) is 18.6 Å². The number of sulfone groups is 1. The monoisotopic (exact) mass is 306 g/mol. The highest BCUT2D eigenvalue weighted by Crippen LogP contribution is 2.16. The molecule has 0 aliphatic rings. The number of aryl methyl sites for hydroxylation is 1. The van der Waals surface area contributed by atoms with Crippen molar-refractivity contribution in [2.45, 2.75) is 13.0 Å². The summed E-state index contributed by atoms with van der Waals surface area (Å²) in [7, 11) is -3.22. The fourth-order valence-corrected chi connectivity index (χ4v) is 3.03. The lowest BCUT2D eigenvalue weighted by atomic mass is 10.1. The smallest absolute Gasteiger partial charge is 0.253 e. The average molecular weight is 306 g/mol. The van der Waals surface area contributed by atoms with Gasteiger partial charge in [0.05, 0.1) is 17.4 Å². The molecule has 0 aliphatic carbocycles. The quantitative estimate of drug-likeness (QED) is 0.884. The van der Waals surface area contributed by atoms with Crippen LogP contribution in [0.3, 0.4) is 0 Å². The van der Waals surface area contributed by atoms with Crippen LogP contribution in [0.15, 0.2) is 42.6 Å². The van der Waals surface area contributed by atoms with Crippen molar-refractivity contribution in [1.29, 1.82) is 0 Å². The maximum Gasteiger partial charge on any atom is 0.253 e. The number of rotatable bonds is 5. The van der Waals surface area contributed by atoms with Crippen LogP contribution < -0.4 is 5.32 Å². The van der Waals surface area contributed by atoms with Gasteiger partial charge in [-0.15, -0.1) is 0 Å². The normalized spacial score (nSPS) is 12.9. The van der Waals surface area contributed by atoms with E-state index in [2.05, 4.69) is 10.3 Å². The van der Waals surface area contributed by atoms with Crippen LogP contribution in [0.1, 0.15) is 27.7 Å². The van der Waals surface area contributed by atoms with Gasteiger partial charge in [-0.1, -0.05) is 30.3 Å². The van der Waals surface area contributed by atoms with E-state index >= 15 is 0 Å². The molecular weight excluding hydrogens is 288 g/mol. The minimum absolute atomic E-state index is 0.133. The van der Waals surface area contributed by atoms with Crippen LogP contribution in [0.4, 0.5) is 0 Å². The summed E-state index contributed by atoms with van der Waals surface area (Å²) >= 11 is 0. The summed E-state index contributed by atoms with van der Waals surface area (Å²) in [5, 5.41) is 2.79. The molecular formula is C15H18N2O3S. The molecule has 6 heteroatoms. The van der Waals surface area contributed by atoms with Crippen LogP contribution in [0.2, 0.25) is 0 Å². The molecule has 2 aromatic rings. The van der Waals surface area contributed by atoms with Crippen molar-refractivity contribution in [2.24, 2.45) is 0 Å². The molecule has 112 valence electrons. The highest BCUT2D eigenvalue weighted by atomic mass is 32.2. The molecule has 2 N–H and O–H groups in total. The van der Waals surface area contributed by atoms with Crippen LogP contribution in [0.5, 0.6) is 0 Å². The number of carbonyl (C=O) groups excluding carboxylic acids is 1. The van der Waals surface area contributed by atoms with Gasteiger partial charge in [0.1, 0.15) is 9.84 Å². The lowest BCUT2D eigenvalue weighted by Crippen LogP contribution is -2.33. The largest absolute Gasteiger partial charge is 0.365 e. The second-order valence-corrected chi connectivity index (χ2v) is 7.23. The topological polar surface area (TPSA) is 79.0 Å². The number of aromatic nitrogens is 1. The lowest BCUT2D eigenvalue weighted by Gasteiger charge is -2.18. The van der Waals surface area contributed by atoms with Crippen LogP contribution in [-0.4, -0.2) is 31.3 Å². The van der Waals surface area contributed by atoms with E-state index in [1.54, 1.807) is 31.3 Å². The number of benzene rings is 1. The Morgan fingerprint density at radius 3 is 2.43 bits per heavy atom. The zero-order valence-electron chi connectivity index (χ0n) is 12.0. The maximum atomic E-state index is 12.3. The number of H-pyrrole nitrogens is 1. The van der Waals surface area contributed by atoms with Crippen molar-refractivity contribution < 1.29 is 13.2 Å². The van der Waals surface area contributed by atoms with E-state index in [0.717, 1.165) is 17.5 Å². The second-order valence-electron chi connectivity index (χ2n) is 5.05. The molecule has 1 amide bonds. The first kappa shape index (κ1) is 15.3. The fourth-order valence-electron chi connectivity index (χ4n) is 2.14. The summed E-state index contributed by atoms with van der Waals surface area (Å²) in [6, 6.07) is 10.2. The van der Waals surface area contributed by atoms with Gasteiger partial charge in [-0.2, -0.15) is 0 Å². The van der Waals surface area contributed by atoms with Crippen LogP contribution in [-0.2, 0) is 9.84 Å². The van der Waals surface area contributed by atoms with Gasteiger partial charge in [0.25, 0.3) is 5.91 Å². The summed E-state index contributed by atoms with van der Waals surface area (Å²) in [5.74, 6) is -0.419. The predicted molar refractivity (Wildman–Crippen MR) is 81.9 cm³/mol. The number of amides is 1. The van der Waals surface area contributed by atoms with Gasteiger partial charge >= 0.3 is 0 Å².